The van der Waals surface area contributed by atoms with Crippen LogP contribution in [0.1, 0.15) is 29.5 Å². The molecule has 9 heteroatoms. The number of aliphatic hydroxyl groups excluding tert-OH is 1. The molecule has 0 unspecified atom stereocenters. The van der Waals surface area contributed by atoms with E-state index < -0.39 is 10.0 Å². The summed E-state index contributed by atoms with van der Waals surface area (Å²) >= 11 is 1.31. The molecule has 1 N–H and O–H groups in total. The Morgan fingerprint density at radius 3 is 2.70 bits per heavy atom. The van der Waals surface area contributed by atoms with Crippen molar-refractivity contribution >= 4 is 21.4 Å². The number of aryl methyl sites for hydroxylation is 1. The fraction of sp³-hybridized carbons (Fsp3) is 0.571. The highest BCUT2D eigenvalue weighted by atomic mass is 32.2. The SMILES string of the molecule is Cc1ccc(S(=O)(=O)N2CCC(n3cc(CCO)nn3)CC2)s1. The van der Waals surface area contributed by atoms with Crippen molar-refractivity contribution in [3.8, 4) is 0 Å². The van der Waals surface area contributed by atoms with E-state index in [1.807, 2.05) is 19.2 Å². The first-order valence-corrected chi connectivity index (χ1v) is 9.84. The normalized spacial score (nSPS) is 17.7. The molecule has 2 aromatic heterocycles. The predicted molar refractivity (Wildman–Crippen MR) is 86.9 cm³/mol. The zero-order valence-corrected chi connectivity index (χ0v) is 14.6. The smallest absolute Gasteiger partial charge is 0.252 e. The van der Waals surface area contributed by atoms with Gasteiger partial charge in [0.05, 0.1) is 11.7 Å². The maximum absolute atomic E-state index is 12.6. The summed E-state index contributed by atoms with van der Waals surface area (Å²) in [6, 6.07) is 3.68. The number of nitrogens with zero attached hydrogens (tertiary/aromatic N) is 4. The summed E-state index contributed by atoms with van der Waals surface area (Å²) in [4.78, 5) is 0.998. The Bertz CT molecular complexity index is 761. The average Bonchev–Trinajstić information content (AvgIpc) is 3.17. The van der Waals surface area contributed by atoms with Gasteiger partial charge in [0.25, 0.3) is 10.0 Å². The van der Waals surface area contributed by atoms with Gasteiger partial charge >= 0.3 is 0 Å². The molecule has 23 heavy (non-hydrogen) atoms. The molecule has 3 rings (SSSR count). The molecule has 0 bridgehead atoms. The molecule has 1 saturated heterocycles. The number of thiophene rings is 1. The Hall–Kier alpha value is -1.29. The Kier molecular flexibility index (Phi) is 4.81. The van der Waals surface area contributed by atoms with E-state index in [4.69, 9.17) is 5.11 Å². The number of hydrogen-bond acceptors (Lipinski definition) is 6. The van der Waals surface area contributed by atoms with Gasteiger partial charge in [-0.25, -0.2) is 13.1 Å². The molecule has 3 heterocycles. The summed E-state index contributed by atoms with van der Waals surface area (Å²) < 4.78 is 29.0. The Labute approximate surface area is 139 Å². The van der Waals surface area contributed by atoms with Gasteiger partial charge in [0.2, 0.25) is 0 Å². The van der Waals surface area contributed by atoms with Crippen LogP contribution < -0.4 is 0 Å². The van der Waals surface area contributed by atoms with Gasteiger partial charge < -0.3 is 5.11 Å². The minimum Gasteiger partial charge on any atom is -0.396 e. The van der Waals surface area contributed by atoms with Crippen molar-refractivity contribution in [2.75, 3.05) is 19.7 Å². The third-order valence-electron chi connectivity index (χ3n) is 4.03. The topological polar surface area (TPSA) is 88.3 Å². The lowest BCUT2D eigenvalue weighted by Gasteiger charge is -2.30. The lowest BCUT2D eigenvalue weighted by molar-refractivity contribution is 0.258. The number of sulfonamides is 1. The van der Waals surface area contributed by atoms with Crippen LogP contribution >= 0.6 is 11.3 Å². The molecule has 0 spiro atoms. The molecule has 126 valence electrons. The van der Waals surface area contributed by atoms with E-state index in [1.165, 1.54) is 11.3 Å². The standard InChI is InChI=1S/C14H20N4O3S2/c1-11-2-3-14(22-11)23(20,21)17-7-4-13(5-8-17)18-10-12(6-9-19)15-16-18/h2-3,10,13,19H,4-9H2,1H3. The molecule has 0 aliphatic carbocycles. The first-order chi connectivity index (χ1) is 11.0. The van der Waals surface area contributed by atoms with Crippen LogP contribution in [-0.4, -0.2) is 52.5 Å². The predicted octanol–water partition coefficient (Wildman–Crippen LogP) is 1.21. The van der Waals surface area contributed by atoms with Crippen LogP contribution in [0.25, 0.3) is 0 Å². The minimum absolute atomic E-state index is 0.0512. The van der Waals surface area contributed by atoms with Gasteiger partial charge in [0, 0.05) is 37.2 Å². The van der Waals surface area contributed by atoms with Crippen LogP contribution in [0.15, 0.2) is 22.5 Å². The second-order valence-electron chi connectivity index (χ2n) is 5.66. The summed E-state index contributed by atoms with van der Waals surface area (Å²) in [5.41, 5.74) is 0.761. The Balaban J connectivity index is 1.66. The quantitative estimate of drug-likeness (QED) is 0.870. The summed E-state index contributed by atoms with van der Waals surface area (Å²) in [6.07, 6.45) is 3.76. The lowest BCUT2D eigenvalue weighted by Crippen LogP contribution is -2.38. The highest BCUT2D eigenvalue weighted by Gasteiger charge is 2.31. The lowest BCUT2D eigenvalue weighted by atomic mass is 10.1. The number of hydrogen-bond donors (Lipinski definition) is 1. The first kappa shape index (κ1) is 16.6. The molecule has 1 aliphatic heterocycles. The van der Waals surface area contributed by atoms with Crippen LogP contribution in [0, 0.1) is 6.92 Å². The van der Waals surface area contributed by atoms with Crippen molar-refractivity contribution in [2.45, 2.75) is 36.4 Å². The van der Waals surface area contributed by atoms with Crippen molar-refractivity contribution in [1.82, 2.24) is 19.3 Å². The van der Waals surface area contributed by atoms with Gasteiger partial charge in [-0.15, -0.1) is 16.4 Å². The maximum Gasteiger partial charge on any atom is 0.252 e. The summed E-state index contributed by atoms with van der Waals surface area (Å²) in [6.45, 7) is 2.93. The van der Waals surface area contributed by atoms with Gasteiger partial charge in [0.15, 0.2) is 0 Å². The third kappa shape index (κ3) is 3.47. The minimum atomic E-state index is -3.38. The third-order valence-corrected chi connectivity index (χ3v) is 7.40. The van der Waals surface area contributed by atoms with Crippen molar-refractivity contribution in [1.29, 1.82) is 0 Å². The van der Waals surface area contributed by atoms with Crippen LogP contribution in [-0.2, 0) is 16.4 Å². The Morgan fingerprint density at radius 2 is 2.09 bits per heavy atom. The van der Waals surface area contributed by atoms with Gasteiger partial charge in [-0.2, -0.15) is 4.31 Å². The number of aliphatic hydroxyl groups is 1. The molecule has 2 aromatic rings. The van der Waals surface area contributed by atoms with Crippen LogP contribution in [0.4, 0.5) is 0 Å². The van der Waals surface area contributed by atoms with E-state index in [2.05, 4.69) is 10.3 Å². The van der Waals surface area contributed by atoms with Crippen molar-refractivity contribution in [3.05, 3.63) is 28.9 Å². The van der Waals surface area contributed by atoms with E-state index in [-0.39, 0.29) is 12.6 Å². The molecule has 0 aromatic carbocycles. The summed E-state index contributed by atoms with van der Waals surface area (Å²) in [7, 11) is -3.38. The van der Waals surface area contributed by atoms with Crippen molar-refractivity contribution < 1.29 is 13.5 Å². The zero-order chi connectivity index (χ0) is 16.4. The number of aromatic nitrogens is 3. The number of rotatable bonds is 5. The fourth-order valence-electron chi connectivity index (χ4n) is 2.75. The molecule has 0 saturated carbocycles. The molecule has 1 fully saturated rings. The molecule has 0 radical (unpaired) electrons. The monoisotopic (exact) mass is 356 g/mol. The van der Waals surface area contributed by atoms with Gasteiger partial charge in [-0.3, -0.25) is 0 Å². The number of piperidine rings is 1. The Morgan fingerprint density at radius 1 is 1.35 bits per heavy atom. The molecule has 0 amide bonds. The molecule has 1 aliphatic rings. The largest absolute Gasteiger partial charge is 0.396 e. The fourth-order valence-corrected chi connectivity index (χ4v) is 5.65. The van der Waals surface area contributed by atoms with E-state index in [1.54, 1.807) is 15.1 Å². The van der Waals surface area contributed by atoms with E-state index in [0.717, 1.165) is 10.6 Å². The highest BCUT2D eigenvalue weighted by Crippen LogP contribution is 2.29. The van der Waals surface area contributed by atoms with Crippen molar-refractivity contribution in [3.63, 3.8) is 0 Å². The van der Waals surface area contributed by atoms with Gasteiger partial charge in [-0.05, 0) is 31.9 Å². The van der Waals surface area contributed by atoms with Crippen molar-refractivity contribution in [2.24, 2.45) is 0 Å². The van der Waals surface area contributed by atoms with Gasteiger partial charge in [-0.1, -0.05) is 5.21 Å². The van der Waals surface area contributed by atoms with Crippen LogP contribution in [0.5, 0.6) is 0 Å². The maximum atomic E-state index is 12.6. The second-order valence-corrected chi connectivity index (χ2v) is 9.12. The summed E-state index contributed by atoms with van der Waals surface area (Å²) in [5, 5.41) is 17.0. The molecular weight excluding hydrogens is 336 g/mol. The first-order valence-electron chi connectivity index (χ1n) is 7.59. The highest BCUT2D eigenvalue weighted by molar-refractivity contribution is 7.91. The van der Waals surface area contributed by atoms with Gasteiger partial charge in [0.1, 0.15) is 4.21 Å². The van der Waals surface area contributed by atoms with E-state index in [0.29, 0.717) is 36.6 Å². The van der Waals surface area contributed by atoms with Crippen LogP contribution in [0.3, 0.4) is 0 Å². The second kappa shape index (κ2) is 6.68. The van der Waals surface area contributed by atoms with E-state index >= 15 is 0 Å². The molecule has 0 atom stereocenters. The van der Waals surface area contributed by atoms with E-state index in [9.17, 15) is 8.42 Å². The average molecular weight is 356 g/mol. The molecular formula is C14H20N4O3S2. The summed E-state index contributed by atoms with van der Waals surface area (Å²) in [5.74, 6) is 0. The zero-order valence-electron chi connectivity index (χ0n) is 12.9. The van der Waals surface area contributed by atoms with Crippen LogP contribution in [0.2, 0.25) is 0 Å². The molecule has 7 nitrogen and oxygen atoms in total.